The number of aromatic nitrogens is 1. The molecule has 2 N–H and O–H groups in total. The molecule has 36 heavy (non-hydrogen) atoms. The molecule has 1 saturated carbocycles. The zero-order valence-electron chi connectivity index (χ0n) is 20.1. The van der Waals surface area contributed by atoms with Crippen molar-refractivity contribution >= 4 is 40.3 Å². The molecular weight excluding hydrogens is 485 g/mol. The zero-order chi connectivity index (χ0) is 25.5. The maximum absolute atomic E-state index is 14.8. The van der Waals surface area contributed by atoms with Crippen molar-refractivity contribution in [3.05, 3.63) is 48.4 Å². The number of anilines is 1. The number of fused-ring (bicyclic) bond motifs is 1. The number of nitrogens with one attached hydrogen (secondary N) is 2. The van der Waals surface area contributed by atoms with Crippen molar-refractivity contribution in [3.8, 4) is 23.0 Å². The Morgan fingerprint density at radius 1 is 1.00 bits per heavy atom. The van der Waals surface area contributed by atoms with E-state index in [9.17, 15) is 14.0 Å². The first-order valence-corrected chi connectivity index (χ1v) is 12.7. The average molecular weight is 514 g/mol. The lowest BCUT2D eigenvalue weighted by atomic mass is 10.0. The van der Waals surface area contributed by atoms with Crippen molar-refractivity contribution < 1.29 is 28.2 Å². The zero-order valence-corrected chi connectivity index (χ0v) is 21.0. The van der Waals surface area contributed by atoms with Crippen LogP contribution in [0.15, 0.2) is 42.6 Å². The SMILES string of the molecule is COc1cc2nccc(Oc3ccc(NC(=O)NC(=O)CSC4CCCCC4)cc3F)c2cc1OC. The van der Waals surface area contributed by atoms with E-state index < -0.39 is 11.8 Å². The van der Waals surface area contributed by atoms with E-state index in [4.69, 9.17) is 14.2 Å². The minimum atomic E-state index is -0.710. The normalized spacial score (nSPS) is 13.8. The molecule has 3 aromatic rings. The molecule has 1 aliphatic carbocycles. The molecule has 0 atom stereocenters. The van der Waals surface area contributed by atoms with E-state index >= 15 is 0 Å². The fourth-order valence-electron chi connectivity index (χ4n) is 4.07. The first kappa shape index (κ1) is 25.6. The molecule has 3 amide bonds. The number of carbonyl (C=O) groups is 2. The average Bonchev–Trinajstić information content (AvgIpc) is 2.89. The van der Waals surface area contributed by atoms with Crippen LogP contribution in [0.4, 0.5) is 14.9 Å². The molecule has 4 rings (SSSR count). The number of imide groups is 1. The molecule has 0 unspecified atom stereocenters. The van der Waals surface area contributed by atoms with Crippen molar-refractivity contribution in [1.29, 1.82) is 0 Å². The Hall–Kier alpha value is -3.53. The van der Waals surface area contributed by atoms with Crippen LogP contribution in [0, 0.1) is 5.82 Å². The Balaban J connectivity index is 1.38. The van der Waals surface area contributed by atoms with Gasteiger partial charge >= 0.3 is 6.03 Å². The number of hydrogen-bond acceptors (Lipinski definition) is 7. The van der Waals surface area contributed by atoms with Gasteiger partial charge < -0.3 is 19.5 Å². The number of ether oxygens (including phenoxy) is 3. The van der Waals surface area contributed by atoms with Crippen molar-refractivity contribution in [2.24, 2.45) is 0 Å². The number of urea groups is 1. The highest BCUT2D eigenvalue weighted by Gasteiger charge is 2.17. The molecular formula is C26H28FN3O5S. The maximum Gasteiger partial charge on any atom is 0.325 e. The second-order valence-electron chi connectivity index (χ2n) is 8.35. The summed E-state index contributed by atoms with van der Waals surface area (Å²) >= 11 is 1.58. The molecule has 0 saturated heterocycles. The van der Waals surface area contributed by atoms with Gasteiger partial charge in [0.15, 0.2) is 23.1 Å². The summed E-state index contributed by atoms with van der Waals surface area (Å²) in [5.74, 6) is 0.497. The molecule has 10 heteroatoms. The molecule has 1 aliphatic rings. The van der Waals surface area contributed by atoms with Crippen molar-refractivity contribution in [1.82, 2.24) is 10.3 Å². The number of nitrogens with zero attached hydrogens (tertiary/aromatic N) is 1. The summed E-state index contributed by atoms with van der Waals surface area (Å²) in [4.78, 5) is 28.6. The lowest BCUT2D eigenvalue weighted by Gasteiger charge is -2.20. The third-order valence-corrected chi connectivity index (χ3v) is 7.24. The summed E-state index contributed by atoms with van der Waals surface area (Å²) in [5, 5.41) is 5.85. The number of halogens is 1. The van der Waals surface area contributed by atoms with Gasteiger partial charge in [0, 0.05) is 34.7 Å². The van der Waals surface area contributed by atoms with Crippen LogP contribution in [0.25, 0.3) is 10.9 Å². The number of rotatable bonds is 8. The van der Waals surface area contributed by atoms with Crippen LogP contribution >= 0.6 is 11.8 Å². The van der Waals surface area contributed by atoms with Crippen LogP contribution in [-0.2, 0) is 4.79 Å². The summed E-state index contributed by atoms with van der Waals surface area (Å²) in [6.07, 6.45) is 7.38. The molecule has 0 radical (unpaired) electrons. The van der Waals surface area contributed by atoms with Crippen LogP contribution in [0.1, 0.15) is 32.1 Å². The fraction of sp³-hybridized carbons (Fsp3) is 0.346. The van der Waals surface area contributed by atoms with E-state index in [1.165, 1.54) is 45.6 Å². The topological polar surface area (TPSA) is 98.8 Å². The summed E-state index contributed by atoms with van der Waals surface area (Å²) in [6, 6.07) is 8.34. The fourth-order valence-corrected chi connectivity index (χ4v) is 5.19. The molecule has 0 bridgehead atoms. The molecule has 1 aromatic heterocycles. The minimum absolute atomic E-state index is 0.0387. The van der Waals surface area contributed by atoms with Gasteiger partial charge in [-0.15, -0.1) is 11.8 Å². The second-order valence-corrected chi connectivity index (χ2v) is 9.64. The highest BCUT2D eigenvalue weighted by Crippen LogP contribution is 2.37. The third-order valence-electron chi connectivity index (χ3n) is 5.87. The van der Waals surface area contributed by atoms with Gasteiger partial charge in [-0.2, -0.15) is 0 Å². The molecule has 0 spiro atoms. The lowest BCUT2D eigenvalue weighted by Crippen LogP contribution is -2.36. The largest absolute Gasteiger partial charge is 0.493 e. The third kappa shape index (κ3) is 6.37. The Morgan fingerprint density at radius 2 is 1.75 bits per heavy atom. The first-order valence-electron chi connectivity index (χ1n) is 11.7. The summed E-state index contributed by atoms with van der Waals surface area (Å²) in [7, 11) is 3.05. The summed E-state index contributed by atoms with van der Waals surface area (Å²) in [6.45, 7) is 0. The van der Waals surface area contributed by atoms with Crippen LogP contribution in [0.2, 0.25) is 0 Å². The van der Waals surface area contributed by atoms with E-state index in [0.717, 1.165) is 18.9 Å². The van der Waals surface area contributed by atoms with Crippen LogP contribution in [0.5, 0.6) is 23.0 Å². The van der Waals surface area contributed by atoms with E-state index in [1.54, 1.807) is 36.2 Å². The lowest BCUT2D eigenvalue weighted by molar-refractivity contribution is -0.117. The van der Waals surface area contributed by atoms with Gasteiger partial charge in [-0.3, -0.25) is 15.1 Å². The molecule has 2 aromatic carbocycles. The first-order chi connectivity index (χ1) is 17.5. The van der Waals surface area contributed by atoms with Crippen molar-refractivity contribution in [3.63, 3.8) is 0 Å². The highest BCUT2D eigenvalue weighted by atomic mass is 32.2. The predicted octanol–water partition coefficient (Wildman–Crippen LogP) is 5.90. The number of carbonyl (C=O) groups excluding carboxylic acids is 2. The Labute approximate surface area is 212 Å². The van der Waals surface area contributed by atoms with Gasteiger partial charge in [-0.05, 0) is 37.1 Å². The highest BCUT2D eigenvalue weighted by molar-refractivity contribution is 8.00. The molecule has 0 aliphatic heterocycles. The van der Waals surface area contributed by atoms with E-state index in [1.807, 2.05) is 0 Å². The van der Waals surface area contributed by atoms with E-state index in [-0.39, 0.29) is 23.1 Å². The predicted molar refractivity (Wildman–Crippen MR) is 138 cm³/mol. The van der Waals surface area contributed by atoms with Gasteiger partial charge in [-0.1, -0.05) is 19.3 Å². The van der Waals surface area contributed by atoms with Gasteiger partial charge in [-0.25, -0.2) is 9.18 Å². The van der Waals surface area contributed by atoms with Crippen molar-refractivity contribution in [2.45, 2.75) is 37.4 Å². The summed E-state index contributed by atoms with van der Waals surface area (Å²) in [5.41, 5.74) is 0.780. The number of benzene rings is 2. The molecule has 1 heterocycles. The second kappa shape index (κ2) is 11.9. The Kier molecular flexibility index (Phi) is 8.48. The number of thioether (sulfide) groups is 1. The van der Waals surface area contributed by atoms with Gasteiger partial charge in [0.2, 0.25) is 5.91 Å². The smallest absolute Gasteiger partial charge is 0.325 e. The molecule has 8 nitrogen and oxygen atoms in total. The number of amides is 3. The van der Waals surface area contributed by atoms with Gasteiger partial charge in [0.1, 0.15) is 5.75 Å². The summed E-state index contributed by atoms with van der Waals surface area (Å²) < 4.78 is 31.3. The maximum atomic E-state index is 14.8. The molecule has 190 valence electrons. The standard InChI is InChI=1S/C26H28FN3O5S/c1-33-23-13-18-20(14-24(23)34-2)28-11-10-21(18)35-22-9-8-16(12-19(22)27)29-26(32)30-25(31)15-36-17-6-4-3-5-7-17/h8-14,17H,3-7,15H2,1-2H3,(H2,29,30,31,32). The minimum Gasteiger partial charge on any atom is -0.493 e. The van der Waals surface area contributed by atoms with E-state index in [2.05, 4.69) is 15.6 Å². The van der Waals surface area contributed by atoms with Gasteiger partial charge in [0.05, 0.1) is 25.5 Å². The Morgan fingerprint density at radius 3 is 2.47 bits per heavy atom. The van der Waals surface area contributed by atoms with Crippen molar-refractivity contribution in [2.75, 3.05) is 25.3 Å². The molecule has 1 fully saturated rings. The van der Waals surface area contributed by atoms with Crippen LogP contribution in [-0.4, -0.2) is 42.1 Å². The van der Waals surface area contributed by atoms with Crippen LogP contribution in [0.3, 0.4) is 0 Å². The van der Waals surface area contributed by atoms with Crippen LogP contribution < -0.4 is 24.8 Å². The Bertz CT molecular complexity index is 1250. The van der Waals surface area contributed by atoms with Gasteiger partial charge in [0.25, 0.3) is 0 Å². The number of methoxy groups -OCH3 is 2. The quantitative estimate of drug-likeness (QED) is 0.387. The number of pyridine rings is 1. The number of hydrogen-bond donors (Lipinski definition) is 2. The monoisotopic (exact) mass is 513 g/mol. The van der Waals surface area contributed by atoms with E-state index in [0.29, 0.717) is 33.4 Å².